The topological polar surface area (TPSA) is 75.9 Å². The van der Waals surface area contributed by atoms with E-state index in [4.69, 9.17) is 4.98 Å². The molecule has 5 rings (SSSR count). The summed E-state index contributed by atoms with van der Waals surface area (Å²) in [6, 6.07) is 13.1. The molecule has 1 amide bonds. The van der Waals surface area contributed by atoms with Crippen molar-refractivity contribution in [2.24, 2.45) is 7.05 Å². The Morgan fingerprint density at radius 2 is 1.78 bits per heavy atom. The highest BCUT2D eigenvalue weighted by Gasteiger charge is 2.28. The first-order chi connectivity index (χ1) is 18.0. The van der Waals surface area contributed by atoms with Crippen molar-refractivity contribution in [2.45, 2.75) is 58.8 Å². The zero-order chi connectivity index (χ0) is 25.8. The summed E-state index contributed by atoms with van der Waals surface area (Å²) < 4.78 is 2.09. The molecule has 0 saturated carbocycles. The van der Waals surface area contributed by atoms with Crippen LogP contribution in [-0.4, -0.2) is 30.3 Å². The molecule has 190 valence electrons. The van der Waals surface area contributed by atoms with Crippen LogP contribution in [0.2, 0.25) is 0 Å². The summed E-state index contributed by atoms with van der Waals surface area (Å²) >= 11 is 0. The zero-order valence-electron chi connectivity index (χ0n) is 21.8. The van der Waals surface area contributed by atoms with Crippen molar-refractivity contribution in [3.63, 3.8) is 0 Å². The van der Waals surface area contributed by atoms with Gasteiger partial charge < -0.3 is 9.88 Å². The minimum absolute atomic E-state index is 0.0637. The Labute approximate surface area is 218 Å². The van der Waals surface area contributed by atoms with E-state index in [1.165, 1.54) is 16.8 Å². The summed E-state index contributed by atoms with van der Waals surface area (Å²) in [5.41, 5.74) is 7.34. The van der Waals surface area contributed by atoms with Gasteiger partial charge in [-0.3, -0.25) is 19.7 Å². The SMILES string of the molecule is Cc1cncc(C)c1C(=O)NCc1ccc(CN(Cc2nccn2C)C2CCCc3cccnc32)cc1. The molecule has 7 heteroatoms. The molecule has 3 heterocycles. The van der Waals surface area contributed by atoms with Crippen LogP contribution in [0.25, 0.3) is 0 Å². The fraction of sp³-hybridized carbons (Fsp3) is 0.333. The summed E-state index contributed by atoms with van der Waals surface area (Å²) in [6.07, 6.45) is 12.6. The van der Waals surface area contributed by atoms with Crippen LogP contribution < -0.4 is 5.32 Å². The van der Waals surface area contributed by atoms with Crippen molar-refractivity contribution < 1.29 is 4.79 Å². The Morgan fingerprint density at radius 3 is 2.51 bits per heavy atom. The van der Waals surface area contributed by atoms with E-state index in [9.17, 15) is 4.79 Å². The third kappa shape index (κ3) is 5.62. The maximum atomic E-state index is 12.8. The molecule has 1 atom stereocenters. The van der Waals surface area contributed by atoms with Crippen LogP contribution in [0.4, 0.5) is 0 Å². The molecular weight excluding hydrogens is 460 g/mol. The molecule has 7 nitrogen and oxygen atoms in total. The second kappa shape index (κ2) is 11.0. The molecule has 1 unspecified atom stereocenters. The highest BCUT2D eigenvalue weighted by atomic mass is 16.1. The largest absolute Gasteiger partial charge is 0.348 e. The first-order valence-corrected chi connectivity index (χ1v) is 12.9. The molecule has 0 aliphatic heterocycles. The average molecular weight is 495 g/mol. The van der Waals surface area contributed by atoms with Crippen molar-refractivity contribution in [1.29, 1.82) is 0 Å². The molecular formula is C30H34N6O. The monoisotopic (exact) mass is 494 g/mol. The van der Waals surface area contributed by atoms with Crippen LogP contribution in [-0.2, 0) is 33.1 Å². The van der Waals surface area contributed by atoms with Gasteiger partial charge in [-0.05, 0) is 67.0 Å². The minimum Gasteiger partial charge on any atom is -0.348 e. The van der Waals surface area contributed by atoms with E-state index in [-0.39, 0.29) is 11.9 Å². The number of nitrogens with one attached hydrogen (secondary N) is 1. The lowest BCUT2D eigenvalue weighted by Crippen LogP contribution is -2.32. The smallest absolute Gasteiger partial charge is 0.252 e. The third-order valence-electron chi connectivity index (χ3n) is 7.29. The maximum absolute atomic E-state index is 12.8. The summed E-state index contributed by atoms with van der Waals surface area (Å²) in [5.74, 6) is 0.982. The summed E-state index contributed by atoms with van der Waals surface area (Å²) in [6.45, 7) is 5.88. The summed E-state index contributed by atoms with van der Waals surface area (Å²) in [5, 5.41) is 3.06. The normalized spacial score (nSPS) is 15.0. The van der Waals surface area contributed by atoms with Gasteiger partial charge in [0, 0.05) is 56.7 Å². The Kier molecular flexibility index (Phi) is 7.42. The van der Waals surface area contributed by atoms with Crippen LogP contribution >= 0.6 is 0 Å². The number of amides is 1. The van der Waals surface area contributed by atoms with Gasteiger partial charge in [-0.1, -0.05) is 30.3 Å². The molecule has 0 fully saturated rings. The van der Waals surface area contributed by atoms with Crippen molar-refractivity contribution in [2.75, 3.05) is 0 Å². The van der Waals surface area contributed by atoms with Gasteiger partial charge in [0.05, 0.1) is 18.3 Å². The van der Waals surface area contributed by atoms with E-state index >= 15 is 0 Å². The quantitative estimate of drug-likeness (QED) is 0.379. The number of fused-ring (bicyclic) bond motifs is 1. The Hall–Kier alpha value is -3.84. The molecule has 0 spiro atoms. The highest BCUT2D eigenvalue weighted by Crippen LogP contribution is 2.34. The molecule has 0 saturated heterocycles. The lowest BCUT2D eigenvalue weighted by atomic mass is 9.90. The number of nitrogens with zero attached hydrogens (tertiary/aromatic N) is 5. The number of aromatic nitrogens is 4. The van der Waals surface area contributed by atoms with E-state index in [1.54, 1.807) is 12.4 Å². The first kappa shape index (κ1) is 24.8. The molecule has 1 aliphatic carbocycles. The van der Waals surface area contributed by atoms with E-state index in [0.717, 1.165) is 54.9 Å². The van der Waals surface area contributed by atoms with Gasteiger partial charge in [-0.15, -0.1) is 0 Å². The molecule has 4 aromatic rings. The van der Waals surface area contributed by atoms with E-state index in [2.05, 4.69) is 55.1 Å². The van der Waals surface area contributed by atoms with Crippen molar-refractivity contribution in [1.82, 2.24) is 29.7 Å². The Bertz CT molecular complexity index is 1360. The van der Waals surface area contributed by atoms with Gasteiger partial charge in [-0.25, -0.2) is 4.98 Å². The van der Waals surface area contributed by atoms with Crippen LogP contribution in [0.3, 0.4) is 0 Å². The van der Waals surface area contributed by atoms with Crippen LogP contribution in [0.15, 0.2) is 67.4 Å². The second-order valence-electron chi connectivity index (χ2n) is 9.96. The molecule has 1 aliphatic rings. The van der Waals surface area contributed by atoms with E-state index < -0.39 is 0 Å². The molecule has 3 aromatic heterocycles. The Balaban J connectivity index is 1.30. The van der Waals surface area contributed by atoms with Gasteiger partial charge in [0.1, 0.15) is 5.82 Å². The average Bonchev–Trinajstić information content (AvgIpc) is 3.31. The van der Waals surface area contributed by atoms with Crippen molar-refractivity contribution in [3.8, 4) is 0 Å². The second-order valence-corrected chi connectivity index (χ2v) is 9.96. The fourth-order valence-electron chi connectivity index (χ4n) is 5.27. The van der Waals surface area contributed by atoms with Gasteiger partial charge in [0.25, 0.3) is 5.91 Å². The highest BCUT2D eigenvalue weighted by molar-refractivity contribution is 5.96. The molecule has 0 radical (unpaired) electrons. The molecule has 0 bridgehead atoms. The summed E-state index contributed by atoms with van der Waals surface area (Å²) in [4.78, 5) is 28.8. The van der Waals surface area contributed by atoms with Crippen molar-refractivity contribution in [3.05, 3.63) is 112 Å². The third-order valence-corrected chi connectivity index (χ3v) is 7.29. The molecule has 1 aromatic carbocycles. The number of carbonyl (C=O) groups is 1. The molecule has 1 N–H and O–H groups in total. The molecule has 37 heavy (non-hydrogen) atoms. The van der Waals surface area contributed by atoms with Gasteiger partial charge in [0.15, 0.2) is 0 Å². The van der Waals surface area contributed by atoms with Gasteiger partial charge in [-0.2, -0.15) is 0 Å². The predicted molar refractivity (Wildman–Crippen MR) is 144 cm³/mol. The number of carbonyl (C=O) groups excluding carboxylic acids is 1. The lowest BCUT2D eigenvalue weighted by molar-refractivity contribution is 0.0949. The first-order valence-electron chi connectivity index (χ1n) is 12.9. The Morgan fingerprint density at radius 1 is 1.03 bits per heavy atom. The van der Waals surface area contributed by atoms with Gasteiger partial charge in [0.2, 0.25) is 0 Å². The number of hydrogen-bond acceptors (Lipinski definition) is 5. The maximum Gasteiger partial charge on any atom is 0.252 e. The number of aryl methyl sites for hydroxylation is 4. The number of benzene rings is 1. The number of rotatable bonds is 8. The van der Waals surface area contributed by atoms with Crippen LogP contribution in [0.1, 0.15) is 68.6 Å². The van der Waals surface area contributed by atoms with Crippen LogP contribution in [0.5, 0.6) is 0 Å². The van der Waals surface area contributed by atoms with E-state index in [0.29, 0.717) is 12.1 Å². The standard InChI is InChI=1S/C30H34N6O/c1-21-16-31-17-22(2)28(21)30(37)34-18-23-9-11-24(12-10-23)19-36(20-27-32-14-15-35(27)3)26-8-4-6-25-7-5-13-33-29(25)26/h5,7,9-17,26H,4,6,8,18-20H2,1-3H3,(H,34,37). The summed E-state index contributed by atoms with van der Waals surface area (Å²) in [7, 11) is 2.05. The fourth-order valence-corrected chi connectivity index (χ4v) is 5.27. The van der Waals surface area contributed by atoms with Gasteiger partial charge >= 0.3 is 0 Å². The zero-order valence-corrected chi connectivity index (χ0v) is 21.8. The van der Waals surface area contributed by atoms with E-state index in [1.807, 2.05) is 45.6 Å². The number of pyridine rings is 2. The lowest BCUT2D eigenvalue weighted by Gasteiger charge is -2.35. The minimum atomic E-state index is -0.0637. The van der Waals surface area contributed by atoms with Crippen molar-refractivity contribution >= 4 is 5.91 Å². The van der Waals surface area contributed by atoms with Crippen LogP contribution in [0, 0.1) is 13.8 Å². The predicted octanol–water partition coefficient (Wildman–Crippen LogP) is 4.84. The number of imidazole rings is 1. The number of hydrogen-bond donors (Lipinski definition) is 1.